The van der Waals surface area contributed by atoms with E-state index in [2.05, 4.69) is 0 Å². The number of nitrogens with one attached hydrogen (secondary N) is 1. The van der Waals surface area contributed by atoms with E-state index in [9.17, 15) is 24.3 Å². The molecule has 0 saturated heterocycles. The lowest BCUT2D eigenvalue weighted by molar-refractivity contribution is -0.173. The highest BCUT2D eigenvalue weighted by Crippen LogP contribution is 2.18. The molecule has 1 amide bonds. The van der Waals surface area contributed by atoms with Crippen molar-refractivity contribution >= 4 is 23.8 Å². The van der Waals surface area contributed by atoms with Crippen LogP contribution in [0.15, 0.2) is 0 Å². The summed E-state index contributed by atoms with van der Waals surface area (Å²) in [5.41, 5.74) is -2.83. The molecule has 0 rings (SSSR count). The van der Waals surface area contributed by atoms with Crippen LogP contribution in [0.5, 0.6) is 0 Å². The Morgan fingerprint density at radius 1 is 1.05 bits per heavy atom. The number of rotatable bonds is 9. The molecule has 11 nitrogen and oxygen atoms in total. The van der Waals surface area contributed by atoms with Crippen LogP contribution in [0, 0.1) is 0 Å². The van der Waals surface area contributed by atoms with Crippen molar-refractivity contribution in [2.75, 3.05) is 0 Å². The predicted molar refractivity (Wildman–Crippen MR) is 61.9 cm³/mol. The van der Waals surface area contributed by atoms with Gasteiger partial charge < -0.3 is 36.0 Å². The van der Waals surface area contributed by atoms with Crippen LogP contribution in [0.25, 0.3) is 0 Å². The minimum absolute atomic E-state index is 0.949. The number of aliphatic hydroxyl groups is 3. The van der Waals surface area contributed by atoms with Crippen molar-refractivity contribution < 1.29 is 49.8 Å². The average Bonchev–Trinajstić information content (AvgIpc) is 2.25. The lowest BCUT2D eigenvalue weighted by atomic mass is 9.94. The largest absolute Gasteiger partial charge is 0.481 e. The first-order valence-electron chi connectivity index (χ1n) is 5.54. The highest BCUT2D eigenvalue weighted by molar-refractivity contribution is 5.90. The smallest absolute Gasteiger partial charge is 0.336 e. The summed E-state index contributed by atoms with van der Waals surface area (Å²) < 4.78 is 0. The van der Waals surface area contributed by atoms with E-state index in [1.165, 1.54) is 0 Å². The summed E-state index contributed by atoms with van der Waals surface area (Å²) in [6, 6.07) is -1.81. The zero-order valence-corrected chi connectivity index (χ0v) is 10.6. The van der Waals surface area contributed by atoms with Crippen LogP contribution in [0.1, 0.15) is 19.3 Å². The number of amides is 1. The Balaban J connectivity index is 4.87. The molecule has 0 spiro atoms. The number of aliphatic hydroxyl groups excluding tert-OH is 1. The first kappa shape index (κ1) is 18.8. The molecule has 11 heteroatoms. The fraction of sp³-hybridized carbons (Fsp3) is 0.600. The molecule has 0 bridgehead atoms. The van der Waals surface area contributed by atoms with E-state index in [1.807, 2.05) is 0 Å². The van der Waals surface area contributed by atoms with Gasteiger partial charge in [-0.05, 0) is 0 Å². The monoisotopic (exact) mass is 309 g/mol. The Hall–Kier alpha value is -2.24. The number of carboxylic acids is 3. The van der Waals surface area contributed by atoms with Gasteiger partial charge in [0, 0.05) is 6.42 Å². The lowest BCUT2D eigenvalue weighted by Crippen LogP contribution is -2.49. The maximum absolute atomic E-state index is 11.5. The van der Waals surface area contributed by atoms with Crippen molar-refractivity contribution in [2.45, 2.75) is 37.2 Å². The van der Waals surface area contributed by atoms with E-state index in [1.54, 1.807) is 5.32 Å². The van der Waals surface area contributed by atoms with Gasteiger partial charge in [0.2, 0.25) is 5.91 Å². The molecule has 0 aliphatic rings. The quantitative estimate of drug-likeness (QED) is 0.214. The van der Waals surface area contributed by atoms with Crippen LogP contribution in [-0.4, -0.2) is 72.4 Å². The third kappa shape index (κ3) is 6.65. The van der Waals surface area contributed by atoms with Gasteiger partial charge in [0.1, 0.15) is 6.04 Å². The number of carbonyl (C=O) groups excluding carboxylic acids is 1. The third-order valence-corrected chi connectivity index (χ3v) is 2.38. The van der Waals surface area contributed by atoms with Gasteiger partial charge >= 0.3 is 17.9 Å². The van der Waals surface area contributed by atoms with Crippen molar-refractivity contribution in [1.82, 2.24) is 5.32 Å². The molecule has 2 atom stereocenters. The first-order chi connectivity index (χ1) is 9.47. The molecule has 2 unspecified atom stereocenters. The van der Waals surface area contributed by atoms with Crippen LogP contribution < -0.4 is 5.32 Å². The molecule has 7 N–H and O–H groups in total. The van der Waals surface area contributed by atoms with Crippen LogP contribution in [-0.2, 0) is 19.2 Å². The molecular weight excluding hydrogens is 294 g/mol. The predicted octanol–water partition coefficient (Wildman–Crippen LogP) is -3.06. The van der Waals surface area contributed by atoms with Gasteiger partial charge in [-0.25, -0.2) is 9.59 Å². The summed E-state index contributed by atoms with van der Waals surface area (Å²) in [5, 5.41) is 54.6. The van der Waals surface area contributed by atoms with Crippen molar-refractivity contribution in [3.05, 3.63) is 0 Å². The van der Waals surface area contributed by atoms with Gasteiger partial charge in [-0.3, -0.25) is 9.59 Å². The van der Waals surface area contributed by atoms with Crippen LogP contribution in [0.2, 0.25) is 0 Å². The van der Waals surface area contributed by atoms with Gasteiger partial charge in [0.05, 0.1) is 12.8 Å². The highest BCUT2D eigenvalue weighted by atomic mass is 16.5. The topological polar surface area (TPSA) is 202 Å². The first-order valence-corrected chi connectivity index (χ1v) is 5.54. The molecule has 0 aliphatic carbocycles. The molecule has 0 heterocycles. The second-order valence-corrected chi connectivity index (χ2v) is 4.25. The average molecular weight is 309 g/mol. The maximum atomic E-state index is 11.5. The highest BCUT2D eigenvalue weighted by Gasteiger charge is 2.41. The summed E-state index contributed by atoms with van der Waals surface area (Å²) >= 11 is 0. The molecule has 0 fully saturated rings. The second kappa shape index (κ2) is 7.52. The van der Waals surface area contributed by atoms with Crippen LogP contribution in [0.3, 0.4) is 0 Å². The van der Waals surface area contributed by atoms with Gasteiger partial charge in [0.25, 0.3) is 0 Å². The molecule has 21 heavy (non-hydrogen) atoms. The Bertz CT molecular complexity index is 434. The number of hydrogen-bond donors (Lipinski definition) is 7. The molecule has 0 aliphatic heterocycles. The maximum Gasteiger partial charge on any atom is 0.336 e. The van der Waals surface area contributed by atoms with Gasteiger partial charge in [0.15, 0.2) is 11.9 Å². The third-order valence-electron chi connectivity index (χ3n) is 2.38. The zero-order valence-electron chi connectivity index (χ0n) is 10.6. The van der Waals surface area contributed by atoms with E-state index < -0.39 is 61.0 Å². The van der Waals surface area contributed by atoms with Crippen molar-refractivity contribution in [1.29, 1.82) is 0 Å². The second-order valence-electron chi connectivity index (χ2n) is 4.25. The Labute approximate surface area is 117 Å². The molecule has 0 aromatic rings. The molecule has 0 saturated carbocycles. The van der Waals surface area contributed by atoms with Gasteiger partial charge in [-0.2, -0.15) is 0 Å². The fourth-order valence-electron chi connectivity index (χ4n) is 1.42. The summed E-state index contributed by atoms with van der Waals surface area (Å²) in [5.74, 6) is -6.36. The Kier molecular flexibility index (Phi) is 6.72. The summed E-state index contributed by atoms with van der Waals surface area (Å²) in [4.78, 5) is 43.4. The molecule has 120 valence electrons. The zero-order chi connectivity index (χ0) is 16.8. The van der Waals surface area contributed by atoms with Crippen molar-refractivity contribution in [2.24, 2.45) is 0 Å². The van der Waals surface area contributed by atoms with Crippen LogP contribution >= 0.6 is 0 Å². The number of hydrogen-bond acceptors (Lipinski definition) is 7. The Morgan fingerprint density at radius 3 is 1.90 bits per heavy atom. The number of aliphatic carboxylic acids is 3. The SMILES string of the molecule is O=C(O)CC(NC(=O)CC(O)(CC(O)O)C(=O)O)C(=O)O. The summed E-state index contributed by atoms with van der Waals surface area (Å²) in [6.07, 6.45) is -5.43. The Morgan fingerprint density at radius 2 is 1.57 bits per heavy atom. The van der Waals surface area contributed by atoms with Crippen molar-refractivity contribution in [3.63, 3.8) is 0 Å². The molecule has 0 aromatic carbocycles. The van der Waals surface area contributed by atoms with Crippen LogP contribution in [0.4, 0.5) is 0 Å². The molecule has 0 aromatic heterocycles. The van der Waals surface area contributed by atoms with E-state index in [-0.39, 0.29) is 0 Å². The normalized spacial score (nSPS) is 15.0. The lowest BCUT2D eigenvalue weighted by Gasteiger charge is -2.24. The fourth-order valence-corrected chi connectivity index (χ4v) is 1.42. The molecular formula is C10H15NO10. The molecule has 0 radical (unpaired) electrons. The minimum atomic E-state index is -2.83. The van der Waals surface area contributed by atoms with E-state index in [0.29, 0.717) is 0 Å². The standard InChI is InChI=1S/C10H15NO10/c12-5(11-4(8(17)18)1-6(13)14)2-10(21,9(19)20)3-7(15)16/h4,7,15-16,21H,1-3H2,(H,11,12)(H,13,14)(H,17,18)(H,19,20). The van der Waals surface area contributed by atoms with E-state index >= 15 is 0 Å². The van der Waals surface area contributed by atoms with Gasteiger partial charge in [-0.1, -0.05) is 0 Å². The summed E-state index contributed by atoms with van der Waals surface area (Å²) in [6.45, 7) is 0. The van der Waals surface area contributed by atoms with Crippen molar-refractivity contribution in [3.8, 4) is 0 Å². The van der Waals surface area contributed by atoms with E-state index in [4.69, 9.17) is 25.5 Å². The minimum Gasteiger partial charge on any atom is -0.481 e. The van der Waals surface area contributed by atoms with E-state index in [0.717, 1.165) is 0 Å². The number of carboxylic acid groups (broad SMARTS) is 3. The van der Waals surface area contributed by atoms with Gasteiger partial charge in [-0.15, -0.1) is 0 Å². The summed E-state index contributed by atoms with van der Waals surface area (Å²) in [7, 11) is 0. The number of carbonyl (C=O) groups is 4.